The van der Waals surface area contributed by atoms with Crippen LogP contribution < -0.4 is 10.1 Å². The molecule has 3 N–H and O–H groups in total. The molecule has 2 aliphatic heterocycles. The molecule has 5 atom stereocenters. The van der Waals surface area contributed by atoms with Crippen LogP contribution in [0.25, 0.3) is 0 Å². The fourth-order valence-electron chi connectivity index (χ4n) is 5.76. The summed E-state index contributed by atoms with van der Waals surface area (Å²) in [5.74, 6) is 1.02. The van der Waals surface area contributed by atoms with Crippen LogP contribution in [-0.4, -0.2) is 86.6 Å². The van der Waals surface area contributed by atoms with E-state index in [1.165, 1.54) is 31.4 Å². The number of fused-ring (bicyclic) bond motifs is 1. The van der Waals surface area contributed by atoms with E-state index in [0.717, 1.165) is 21.5 Å². The number of alkyl carbamates (subject to hydrolysis) is 1. The lowest BCUT2D eigenvalue weighted by Crippen LogP contribution is -2.52. The maximum atomic E-state index is 14.1. The number of amides is 1. The Morgan fingerprint density at radius 2 is 1.69 bits per heavy atom. The van der Waals surface area contributed by atoms with Gasteiger partial charge in [0.05, 0.1) is 49.9 Å². The van der Waals surface area contributed by atoms with Gasteiger partial charge in [-0.05, 0) is 48.2 Å². The normalized spacial score (nSPS) is 20.6. The minimum atomic E-state index is -4.59. The van der Waals surface area contributed by atoms with Gasteiger partial charge < -0.3 is 38.8 Å². The maximum Gasteiger partial charge on any atom is 0.407 e. The van der Waals surface area contributed by atoms with Crippen LogP contribution in [0.3, 0.4) is 0 Å². The van der Waals surface area contributed by atoms with Crippen LogP contribution in [0, 0.1) is 5.92 Å². The summed E-state index contributed by atoms with van der Waals surface area (Å²) < 4.78 is 69.5. The number of rotatable bonds is 16. The molecule has 2 aliphatic rings. The third kappa shape index (κ3) is 10.5. The van der Waals surface area contributed by atoms with Crippen molar-refractivity contribution in [2.45, 2.75) is 48.9 Å². The second-order valence-corrected chi connectivity index (χ2v) is 15.1. The van der Waals surface area contributed by atoms with E-state index in [9.17, 15) is 27.6 Å². The second kappa shape index (κ2) is 16.9. The SMILES string of the molecule is COc1ccc(S(=O)(=O)N(C/C=C/P(=O)(O)O)CC(OCc2ccccc2)C(Cc2ccccc2)NC(=O)OC2COC3OCCC23)cc1. The molecule has 2 heterocycles. The van der Waals surface area contributed by atoms with E-state index in [0.29, 0.717) is 24.6 Å². The average Bonchev–Trinajstić information content (AvgIpc) is 3.71. The number of methoxy groups -OCH3 is 1. The molecule has 0 radical (unpaired) electrons. The molecule has 0 bridgehead atoms. The Morgan fingerprint density at radius 3 is 2.35 bits per heavy atom. The van der Waals surface area contributed by atoms with E-state index in [1.54, 1.807) is 0 Å². The average molecular weight is 717 g/mol. The quantitative estimate of drug-likeness (QED) is 0.183. The van der Waals surface area contributed by atoms with Crippen LogP contribution in [0.1, 0.15) is 17.5 Å². The van der Waals surface area contributed by atoms with Gasteiger partial charge in [-0.1, -0.05) is 66.7 Å². The zero-order valence-corrected chi connectivity index (χ0v) is 28.7. The number of sulfonamides is 1. The molecule has 0 saturated carbocycles. The molecule has 264 valence electrons. The van der Waals surface area contributed by atoms with Gasteiger partial charge in [-0.3, -0.25) is 4.57 Å². The lowest BCUT2D eigenvalue weighted by molar-refractivity contribution is -0.0907. The number of benzene rings is 3. The van der Waals surface area contributed by atoms with E-state index >= 15 is 0 Å². The maximum absolute atomic E-state index is 14.1. The number of hydrogen-bond donors (Lipinski definition) is 3. The van der Waals surface area contributed by atoms with Crippen LogP contribution >= 0.6 is 7.60 Å². The predicted octanol–water partition coefficient (Wildman–Crippen LogP) is 4.06. The molecule has 3 aromatic rings. The van der Waals surface area contributed by atoms with Gasteiger partial charge in [0.2, 0.25) is 10.0 Å². The largest absolute Gasteiger partial charge is 0.497 e. The lowest BCUT2D eigenvalue weighted by atomic mass is 10.0. The molecule has 3 aromatic carbocycles. The molecular weight excluding hydrogens is 675 g/mol. The Bertz CT molecular complexity index is 1690. The van der Waals surface area contributed by atoms with Crippen LogP contribution in [0.15, 0.2) is 102 Å². The molecule has 1 amide bonds. The monoisotopic (exact) mass is 716 g/mol. The zero-order chi connectivity index (χ0) is 34.9. The number of ether oxygens (including phenoxy) is 5. The summed E-state index contributed by atoms with van der Waals surface area (Å²) in [6, 6.07) is 23.6. The topological polar surface area (TPSA) is 170 Å². The number of carbonyl (C=O) groups is 1. The summed E-state index contributed by atoms with van der Waals surface area (Å²) in [7, 11) is -7.40. The highest BCUT2D eigenvalue weighted by molar-refractivity contribution is 7.89. The standard InChI is InChI=1S/C34H41N2O11PS/c1-43-27-13-15-28(16-14-27)49(41,42)36(18-8-20-48(38,39)40)22-31(45-23-26-11-6-3-7-12-26)30(21-25-9-4-2-5-10-25)35-34(37)47-32-24-46-33-29(32)17-19-44-33/h2-16,20,29-33H,17-19,21-24H2,1H3,(H,35,37)(H2,38,39,40)/b20-8+. The first-order valence-electron chi connectivity index (χ1n) is 15.8. The van der Waals surface area contributed by atoms with Crippen LogP contribution in [0.5, 0.6) is 5.75 Å². The van der Waals surface area contributed by atoms with Crippen molar-refractivity contribution in [3.8, 4) is 5.75 Å². The number of carbonyl (C=O) groups excluding carboxylic acids is 1. The number of nitrogens with one attached hydrogen (secondary N) is 1. The lowest BCUT2D eigenvalue weighted by Gasteiger charge is -2.33. The van der Waals surface area contributed by atoms with Crippen molar-refractivity contribution in [2.24, 2.45) is 5.92 Å². The first-order valence-corrected chi connectivity index (χ1v) is 18.9. The van der Waals surface area contributed by atoms with Crippen molar-refractivity contribution in [2.75, 3.05) is 33.4 Å². The Morgan fingerprint density at radius 1 is 1.02 bits per heavy atom. The molecule has 0 aromatic heterocycles. The Balaban J connectivity index is 1.47. The highest BCUT2D eigenvalue weighted by Gasteiger charge is 2.44. The van der Waals surface area contributed by atoms with Crippen molar-refractivity contribution in [3.05, 3.63) is 108 Å². The van der Waals surface area contributed by atoms with Crippen LogP contribution in [0.2, 0.25) is 0 Å². The number of hydrogen-bond acceptors (Lipinski definition) is 9. The van der Waals surface area contributed by atoms with Crippen molar-refractivity contribution in [1.82, 2.24) is 9.62 Å². The summed E-state index contributed by atoms with van der Waals surface area (Å²) in [6.45, 7) is 0.0999. The van der Waals surface area contributed by atoms with E-state index < -0.39 is 54.8 Å². The third-order valence-electron chi connectivity index (χ3n) is 8.29. The molecular formula is C34H41N2O11PS. The molecule has 49 heavy (non-hydrogen) atoms. The van der Waals surface area contributed by atoms with E-state index in [2.05, 4.69) is 5.32 Å². The van der Waals surface area contributed by atoms with Gasteiger partial charge in [0.1, 0.15) is 11.9 Å². The highest BCUT2D eigenvalue weighted by atomic mass is 32.2. The minimum absolute atomic E-state index is 0.0683. The zero-order valence-electron chi connectivity index (χ0n) is 26.9. The summed E-state index contributed by atoms with van der Waals surface area (Å²) in [5.41, 5.74) is 1.66. The molecule has 2 saturated heterocycles. The molecule has 13 nitrogen and oxygen atoms in total. The first kappa shape index (κ1) is 36.7. The number of nitrogens with zero attached hydrogens (tertiary/aromatic N) is 1. The summed E-state index contributed by atoms with van der Waals surface area (Å²) >= 11 is 0. The van der Waals surface area contributed by atoms with E-state index in [-0.39, 0.29) is 37.0 Å². The van der Waals surface area contributed by atoms with Gasteiger partial charge in [-0.15, -0.1) is 0 Å². The molecule has 2 fully saturated rings. The summed E-state index contributed by atoms with van der Waals surface area (Å²) in [6.07, 6.45) is -0.576. The van der Waals surface area contributed by atoms with Gasteiger partial charge in [0.15, 0.2) is 6.29 Å². The minimum Gasteiger partial charge on any atom is -0.497 e. The fraction of sp³-hybridized carbons (Fsp3) is 0.382. The van der Waals surface area contributed by atoms with Crippen molar-refractivity contribution in [1.29, 1.82) is 0 Å². The first-order chi connectivity index (χ1) is 23.5. The summed E-state index contributed by atoms with van der Waals surface area (Å²) in [5, 5.41) is 2.94. The molecule has 0 aliphatic carbocycles. The van der Waals surface area contributed by atoms with Crippen LogP contribution in [-0.2, 0) is 46.6 Å². The smallest absolute Gasteiger partial charge is 0.407 e. The molecule has 5 rings (SSSR count). The fourth-order valence-corrected chi connectivity index (χ4v) is 7.53. The Hall–Kier alpha value is -3.59. The molecule has 5 unspecified atom stereocenters. The van der Waals surface area contributed by atoms with E-state index in [4.69, 9.17) is 23.7 Å². The van der Waals surface area contributed by atoms with Gasteiger partial charge in [-0.25, -0.2) is 13.2 Å². The predicted molar refractivity (Wildman–Crippen MR) is 179 cm³/mol. The van der Waals surface area contributed by atoms with Gasteiger partial charge in [0.25, 0.3) is 0 Å². The van der Waals surface area contributed by atoms with Crippen molar-refractivity contribution in [3.63, 3.8) is 0 Å². The Labute approximate surface area is 286 Å². The molecule has 0 spiro atoms. The Kier molecular flexibility index (Phi) is 12.6. The second-order valence-electron chi connectivity index (χ2n) is 11.7. The van der Waals surface area contributed by atoms with Gasteiger partial charge in [0, 0.05) is 18.9 Å². The van der Waals surface area contributed by atoms with E-state index in [1.807, 2.05) is 60.7 Å². The van der Waals surface area contributed by atoms with Gasteiger partial charge in [-0.2, -0.15) is 4.31 Å². The van der Waals surface area contributed by atoms with Crippen molar-refractivity contribution >= 4 is 23.7 Å². The van der Waals surface area contributed by atoms with Gasteiger partial charge >= 0.3 is 13.7 Å². The van der Waals surface area contributed by atoms with Crippen LogP contribution in [0.4, 0.5) is 4.79 Å². The van der Waals surface area contributed by atoms with Crippen molar-refractivity contribution < 1.29 is 51.2 Å². The highest BCUT2D eigenvalue weighted by Crippen LogP contribution is 2.36. The molecule has 15 heteroatoms. The summed E-state index contributed by atoms with van der Waals surface area (Å²) in [4.78, 5) is 32.3. The third-order valence-corrected chi connectivity index (χ3v) is 10.7.